The molecule has 19 heavy (non-hydrogen) atoms. The van der Waals surface area contributed by atoms with E-state index in [1.807, 2.05) is 11.5 Å². The minimum Gasteiger partial charge on any atom is -0.386 e. The first-order chi connectivity index (χ1) is 9.00. The molecule has 3 nitrogen and oxygen atoms in total. The topological polar surface area (TPSA) is 21.7 Å². The summed E-state index contributed by atoms with van der Waals surface area (Å²) in [7, 11) is -0.195. The van der Waals surface area contributed by atoms with E-state index in [0.29, 0.717) is 0 Å². The van der Waals surface area contributed by atoms with Crippen molar-refractivity contribution in [1.82, 2.24) is 4.57 Å². The van der Waals surface area contributed by atoms with E-state index in [-0.39, 0.29) is 12.1 Å². The molecule has 1 aliphatic heterocycles. The van der Waals surface area contributed by atoms with Gasteiger partial charge in [-0.05, 0) is 25.8 Å². The van der Waals surface area contributed by atoms with Gasteiger partial charge < -0.3 is 8.85 Å². The summed E-state index contributed by atoms with van der Waals surface area (Å²) in [6.45, 7) is 2.79. The first-order valence-corrected chi connectivity index (χ1v) is 8.77. The molecule has 114 valence electrons. The maximum absolute atomic E-state index is 13.5. The van der Waals surface area contributed by atoms with Crippen molar-refractivity contribution in [3.8, 4) is 0 Å². The number of nitrogens with zero attached hydrogens (tertiary/aromatic N) is 1. The second-order valence-electron chi connectivity index (χ2n) is 4.93. The Morgan fingerprint density at radius 1 is 1.21 bits per heavy atom. The van der Waals surface area contributed by atoms with Crippen LogP contribution in [0.4, 0.5) is 13.2 Å². The lowest BCUT2D eigenvalue weighted by atomic mass is 10.0. The Hall–Kier alpha value is -0.113. The summed E-state index contributed by atoms with van der Waals surface area (Å²) < 4.78 is 51.4. The van der Waals surface area contributed by atoms with Crippen LogP contribution in [0.25, 0.3) is 0 Å². The van der Waals surface area contributed by atoms with E-state index in [9.17, 15) is 13.2 Å². The fourth-order valence-electron chi connectivity index (χ4n) is 2.81. The Balaban J connectivity index is 2.89. The van der Waals surface area contributed by atoms with Gasteiger partial charge in [0.25, 0.3) is 6.43 Å². The third-order valence-corrected chi connectivity index (χ3v) is 7.55. The quantitative estimate of drug-likeness (QED) is 0.674. The highest BCUT2D eigenvalue weighted by atomic mass is 28.4. The van der Waals surface area contributed by atoms with E-state index < -0.39 is 21.3 Å². The van der Waals surface area contributed by atoms with Crippen LogP contribution < -0.4 is 0 Å². The summed E-state index contributed by atoms with van der Waals surface area (Å²) in [5.41, 5.74) is 0. The molecule has 1 rings (SSSR count). The Kier molecular flexibility index (Phi) is 6.79. The molecule has 2 unspecified atom stereocenters. The van der Waals surface area contributed by atoms with E-state index in [1.165, 1.54) is 14.2 Å². The minimum absolute atomic E-state index is 0.241. The van der Waals surface area contributed by atoms with Gasteiger partial charge in [-0.2, -0.15) is 0 Å². The van der Waals surface area contributed by atoms with Crippen LogP contribution in [0.2, 0.25) is 6.04 Å². The second kappa shape index (κ2) is 7.61. The molecule has 0 spiro atoms. The predicted octanol–water partition coefficient (Wildman–Crippen LogP) is 3.09. The average molecular weight is 299 g/mol. The minimum atomic E-state index is -3.07. The van der Waals surface area contributed by atoms with Crippen molar-refractivity contribution in [1.29, 1.82) is 0 Å². The number of halogens is 3. The fourth-order valence-corrected chi connectivity index (χ4v) is 6.05. The molecule has 1 saturated heterocycles. The van der Waals surface area contributed by atoms with E-state index in [1.54, 1.807) is 0 Å². The van der Waals surface area contributed by atoms with E-state index in [4.69, 9.17) is 8.85 Å². The molecule has 0 bridgehead atoms. The molecule has 0 aromatic carbocycles. The van der Waals surface area contributed by atoms with Crippen molar-refractivity contribution in [3.05, 3.63) is 0 Å². The highest BCUT2D eigenvalue weighted by Crippen LogP contribution is 2.31. The molecule has 0 amide bonds. The van der Waals surface area contributed by atoms with Gasteiger partial charge in [0.15, 0.2) is 6.17 Å². The molecule has 2 atom stereocenters. The van der Waals surface area contributed by atoms with Gasteiger partial charge in [0.05, 0.1) is 0 Å². The van der Waals surface area contributed by atoms with Crippen molar-refractivity contribution in [2.75, 3.05) is 20.8 Å². The zero-order chi connectivity index (χ0) is 14.5. The average Bonchev–Trinajstić information content (AvgIpc) is 2.44. The fraction of sp³-hybridized carbons (Fsp3) is 1.00. The lowest BCUT2D eigenvalue weighted by Crippen LogP contribution is -2.63. The lowest BCUT2D eigenvalue weighted by molar-refractivity contribution is 0.0417. The summed E-state index contributed by atoms with van der Waals surface area (Å²) in [5, 5.41) is 0. The molecule has 0 saturated carbocycles. The standard InChI is InChI=1S/C12H24F3NO2Si/c1-4-10-7-5-6-8-16(10)19(17-2,18-3)9-11(13)12(14)15/h10-12H,4-9H2,1-3H3. The van der Waals surface area contributed by atoms with Crippen molar-refractivity contribution in [2.24, 2.45) is 0 Å². The van der Waals surface area contributed by atoms with Gasteiger partial charge in [0, 0.05) is 26.3 Å². The van der Waals surface area contributed by atoms with Gasteiger partial charge in [0.2, 0.25) is 0 Å². The van der Waals surface area contributed by atoms with E-state index in [2.05, 4.69) is 0 Å². The molecular formula is C12H24F3NO2Si. The summed E-state index contributed by atoms with van der Waals surface area (Å²) >= 11 is 0. The number of alkyl halides is 3. The number of hydrogen-bond acceptors (Lipinski definition) is 3. The van der Waals surface area contributed by atoms with Crippen molar-refractivity contribution >= 4 is 8.72 Å². The Morgan fingerprint density at radius 3 is 2.32 bits per heavy atom. The SMILES string of the molecule is CCC1CCCCN1[Si](CC(F)C(F)F)(OC)OC. The maximum atomic E-state index is 13.5. The van der Waals surface area contributed by atoms with E-state index >= 15 is 0 Å². The summed E-state index contributed by atoms with van der Waals surface area (Å²) in [4.78, 5) is 0. The van der Waals surface area contributed by atoms with Gasteiger partial charge in [-0.15, -0.1) is 0 Å². The molecule has 7 heteroatoms. The van der Waals surface area contributed by atoms with Crippen molar-refractivity contribution in [2.45, 2.75) is 57.3 Å². The van der Waals surface area contributed by atoms with E-state index in [0.717, 1.165) is 32.2 Å². The molecule has 0 aromatic heterocycles. The Morgan fingerprint density at radius 2 is 1.84 bits per heavy atom. The summed E-state index contributed by atoms with van der Waals surface area (Å²) in [5.74, 6) is 0. The number of piperidine rings is 1. The van der Waals surface area contributed by atoms with Gasteiger partial charge in [-0.1, -0.05) is 13.3 Å². The summed E-state index contributed by atoms with van der Waals surface area (Å²) in [6.07, 6.45) is -1.20. The molecule has 0 aliphatic carbocycles. The molecule has 0 radical (unpaired) electrons. The predicted molar refractivity (Wildman–Crippen MR) is 70.1 cm³/mol. The van der Waals surface area contributed by atoms with Crippen LogP contribution in [0, 0.1) is 0 Å². The lowest BCUT2D eigenvalue weighted by Gasteiger charge is -2.45. The summed E-state index contributed by atoms with van der Waals surface area (Å²) in [6, 6.07) is -0.0982. The largest absolute Gasteiger partial charge is 0.430 e. The van der Waals surface area contributed by atoms with Crippen LogP contribution in [0.5, 0.6) is 0 Å². The molecular weight excluding hydrogens is 275 g/mol. The van der Waals surface area contributed by atoms with Crippen LogP contribution in [0.1, 0.15) is 32.6 Å². The zero-order valence-corrected chi connectivity index (χ0v) is 12.9. The highest BCUT2D eigenvalue weighted by Gasteiger charge is 2.50. The van der Waals surface area contributed by atoms with Crippen LogP contribution in [0.15, 0.2) is 0 Å². The second-order valence-corrected chi connectivity index (χ2v) is 8.15. The molecule has 1 aliphatic rings. The number of hydrogen-bond donors (Lipinski definition) is 0. The smallest absolute Gasteiger partial charge is 0.386 e. The zero-order valence-electron chi connectivity index (χ0n) is 11.9. The first kappa shape index (κ1) is 16.9. The van der Waals surface area contributed by atoms with Crippen LogP contribution in [0.3, 0.4) is 0 Å². The number of rotatable bonds is 7. The third kappa shape index (κ3) is 3.93. The van der Waals surface area contributed by atoms with Crippen LogP contribution in [-0.4, -0.2) is 52.7 Å². The molecule has 0 N–H and O–H groups in total. The molecule has 1 fully saturated rings. The Labute approximate surface area is 114 Å². The Bertz CT molecular complexity index is 267. The van der Waals surface area contributed by atoms with Crippen LogP contribution >= 0.6 is 0 Å². The van der Waals surface area contributed by atoms with Crippen molar-refractivity contribution in [3.63, 3.8) is 0 Å². The van der Waals surface area contributed by atoms with Gasteiger partial charge in [0.1, 0.15) is 0 Å². The van der Waals surface area contributed by atoms with Crippen LogP contribution in [-0.2, 0) is 8.85 Å². The van der Waals surface area contributed by atoms with Gasteiger partial charge in [-0.25, -0.2) is 13.2 Å². The van der Waals surface area contributed by atoms with Gasteiger partial charge in [-0.3, -0.25) is 4.57 Å². The molecule has 1 heterocycles. The first-order valence-electron chi connectivity index (χ1n) is 6.80. The van der Waals surface area contributed by atoms with Crippen molar-refractivity contribution < 1.29 is 22.0 Å². The van der Waals surface area contributed by atoms with Gasteiger partial charge >= 0.3 is 8.72 Å². The third-order valence-electron chi connectivity index (χ3n) is 3.90. The maximum Gasteiger partial charge on any atom is 0.430 e. The normalized spacial score (nSPS) is 23.8. The highest BCUT2D eigenvalue weighted by molar-refractivity contribution is 6.64. The molecule has 0 aromatic rings. The monoisotopic (exact) mass is 299 g/mol.